The first-order valence-electron chi connectivity index (χ1n) is 5.73. The zero-order valence-electron chi connectivity index (χ0n) is 10.2. The molecule has 0 heterocycles. The number of carbonyl (C=O) groups excluding carboxylic acids is 1. The fraction of sp³-hybridized carbons (Fsp3) is 0.909. The highest BCUT2D eigenvalue weighted by Gasteiger charge is 2.38. The molecule has 0 fully saturated rings. The Balaban J connectivity index is 4.66. The van der Waals surface area contributed by atoms with Gasteiger partial charge >= 0.3 is 5.97 Å². The standard InChI is InChI=1S/C11H24O2Si/c1-5-9(6-2)11(14,7-3)10(12)13-8-4/h9H,5-8H2,1-4,14H3. The van der Waals surface area contributed by atoms with Crippen LogP contribution in [0.5, 0.6) is 0 Å². The Kier molecular flexibility index (Phi) is 6.08. The van der Waals surface area contributed by atoms with Crippen molar-refractivity contribution in [2.45, 2.75) is 52.0 Å². The molecule has 0 saturated heterocycles. The summed E-state index contributed by atoms with van der Waals surface area (Å²) in [6.45, 7) is 8.80. The van der Waals surface area contributed by atoms with E-state index in [1.165, 1.54) is 0 Å². The smallest absolute Gasteiger partial charge is 0.308 e. The van der Waals surface area contributed by atoms with E-state index in [1.54, 1.807) is 0 Å². The van der Waals surface area contributed by atoms with E-state index in [0.717, 1.165) is 29.5 Å². The van der Waals surface area contributed by atoms with E-state index in [-0.39, 0.29) is 11.0 Å². The maximum absolute atomic E-state index is 11.9. The predicted molar refractivity (Wildman–Crippen MR) is 63.6 cm³/mol. The highest BCUT2D eigenvalue weighted by atomic mass is 28.1. The zero-order valence-corrected chi connectivity index (χ0v) is 12.2. The van der Waals surface area contributed by atoms with E-state index in [9.17, 15) is 4.79 Å². The Morgan fingerprint density at radius 3 is 2.07 bits per heavy atom. The number of carbonyl (C=O) groups is 1. The van der Waals surface area contributed by atoms with Gasteiger partial charge in [-0.25, -0.2) is 0 Å². The lowest BCUT2D eigenvalue weighted by Gasteiger charge is -2.33. The predicted octanol–water partition coefficient (Wildman–Crippen LogP) is 1.92. The van der Waals surface area contributed by atoms with Crippen LogP contribution in [0.1, 0.15) is 47.0 Å². The third-order valence-corrected chi connectivity index (χ3v) is 5.29. The number of rotatable bonds is 6. The van der Waals surface area contributed by atoms with Crippen molar-refractivity contribution in [3.05, 3.63) is 0 Å². The van der Waals surface area contributed by atoms with Gasteiger partial charge in [0.25, 0.3) is 0 Å². The van der Waals surface area contributed by atoms with Gasteiger partial charge in [-0.15, -0.1) is 0 Å². The Morgan fingerprint density at radius 2 is 1.79 bits per heavy atom. The van der Waals surface area contributed by atoms with E-state index in [0.29, 0.717) is 12.5 Å². The first-order chi connectivity index (χ1) is 6.56. The van der Waals surface area contributed by atoms with Crippen LogP contribution in [0, 0.1) is 5.92 Å². The van der Waals surface area contributed by atoms with Crippen molar-refractivity contribution in [3.63, 3.8) is 0 Å². The molecule has 0 saturated carbocycles. The number of hydrogen-bond acceptors (Lipinski definition) is 2. The molecule has 0 aliphatic carbocycles. The molecule has 0 aliphatic rings. The van der Waals surface area contributed by atoms with Crippen LogP contribution in [0.15, 0.2) is 0 Å². The summed E-state index contributed by atoms with van der Waals surface area (Å²) in [5, 5.41) is -0.153. The minimum atomic E-state index is -0.153. The van der Waals surface area contributed by atoms with Crippen LogP contribution in [0.25, 0.3) is 0 Å². The van der Waals surface area contributed by atoms with E-state index in [1.807, 2.05) is 6.92 Å². The van der Waals surface area contributed by atoms with Crippen LogP contribution in [0.2, 0.25) is 5.04 Å². The summed E-state index contributed by atoms with van der Waals surface area (Å²) in [6, 6.07) is 0. The largest absolute Gasteiger partial charge is 0.466 e. The molecule has 0 aliphatic heterocycles. The van der Waals surface area contributed by atoms with Gasteiger partial charge in [0.05, 0.1) is 11.6 Å². The van der Waals surface area contributed by atoms with E-state index in [4.69, 9.17) is 4.74 Å². The minimum Gasteiger partial charge on any atom is -0.466 e. The van der Waals surface area contributed by atoms with Gasteiger partial charge in [0.15, 0.2) is 0 Å². The SMILES string of the molecule is CCOC(=O)C([SiH3])(CC)C(CC)CC. The van der Waals surface area contributed by atoms with Gasteiger partial charge in [-0.1, -0.05) is 33.6 Å². The molecule has 0 aromatic rings. The molecule has 14 heavy (non-hydrogen) atoms. The second kappa shape index (κ2) is 6.22. The normalized spacial score (nSPS) is 15.5. The van der Waals surface area contributed by atoms with Crippen LogP contribution in [-0.2, 0) is 9.53 Å². The van der Waals surface area contributed by atoms with Gasteiger partial charge in [-0.05, 0) is 19.3 Å². The van der Waals surface area contributed by atoms with Crippen LogP contribution in [0.3, 0.4) is 0 Å². The molecule has 0 radical (unpaired) electrons. The topological polar surface area (TPSA) is 26.3 Å². The van der Waals surface area contributed by atoms with Gasteiger partial charge < -0.3 is 4.74 Å². The molecule has 0 rings (SSSR count). The molecule has 0 bridgehead atoms. The number of hydrogen-bond donors (Lipinski definition) is 0. The third kappa shape index (κ3) is 2.84. The molecule has 0 N–H and O–H groups in total. The fourth-order valence-electron chi connectivity index (χ4n) is 2.09. The second-order valence-corrected chi connectivity index (χ2v) is 5.79. The van der Waals surface area contributed by atoms with Gasteiger partial charge in [-0.2, -0.15) is 0 Å². The Morgan fingerprint density at radius 1 is 1.29 bits per heavy atom. The zero-order chi connectivity index (χ0) is 11.2. The molecule has 0 spiro atoms. The maximum Gasteiger partial charge on any atom is 0.308 e. The Labute approximate surface area is 90.8 Å². The summed E-state index contributed by atoms with van der Waals surface area (Å²) in [5.41, 5.74) is 0. The third-order valence-electron chi connectivity index (χ3n) is 3.36. The molecular formula is C11H24O2Si. The average molecular weight is 216 g/mol. The Hall–Kier alpha value is -0.313. The number of ether oxygens (including phenoxy) is 1. The molecule has 1 unspecified atom stereocenters. The van der Waals surface area contributed by atoms with Crippen LogP contribution in [0.4, 0.5) is 0 Å². The summed E-state index contributed by atoms with van der Waals surface area (Å²) in [6.07, 6.45) is 3.07. The molecule has 0 amide bonds. The quantitative estimate of drug-likeness (QED) is 0.501. The van der Waals surface area contributed by atoms with Crippen molar-refractivity contribution in [2.75, 3.05) is 6.61 Å². The van der Waals surface area contributed by atoms with Crippen molar-refractivity contribution < 1.29 is 9.53 Å². The summed E-state index contributed by atoms with van der Waals surface area (Å²) in [5.74, 6) is 0.529. The van der Waals surface area contributed by atoms with Crippen LogP contribution in [-0.4, -0.2) is 22.8 Å². The lowest BCUT2D eigenvalue weighted by molar-refractivity contribution is -0.149. The van der Waals surface area contributed by atoms with E-state index < -0.39 is 0 Å². The fourth-order valence-corrected chi connectivity index (χ4v) is 3.05. The van der Waals surface area contributed by atoms with E-state index >= 15 is 0 Å². The van der Waals surface area contributed by atoms with Crippen molar-refractivity contribution in [3.8, 4) is 0 Å². The van der Waals surface area contributed by atoms with Crippen molar-refractivity contribution in [2.24, 2.45) is 5.92 Å². The molecular weight excluding hydrogens is 192 g/mol. The average Bonchev–Trinajstić information content (AvgIpc) is 2.19. The monoisotopic (exact) mass is 216 g/mol. The molecule has 3 heteroatoms. The lowest BCUT2D eigenvalue weighted by atomic mass is 9.84. The summed E-state index contributed by atoms with van der Waals surface area (Å²) in [4.78, 5) is 11.9. The second-order valence-electron chi connectivity index (χ2n) is 4.00. The maximum atomic E-state index is 11.9. The summed E-state index contributed by atoms with van der Waals surface area (Å²) >= 11 is 0. The molecule has 0 aromatic heterocycles. The molecule has 0 aromatic carbocycles. The highest BCUT2D eigenvalue weighted by Crippen LogP contribution is 2.41. The lowest BCUT2D eigenvalue weighted by Crippen LogP contribution is -2.33. The van der Waals surface area contributed by atoms with Crippen molar-refractivity contribution in [1.82, 2.24) is 0 Å². The summed E-state index contributed by atoms with van der Waals surface area (Å²) < 4.78 is 5.18. The van der Waals surface area contributed by atoms with Gasteiger partial charge in [0, 0.05) is 10.2 Å². The Bertz CT molecular complexity index is 178. The van der Waals surface area contributed by atoms with E-state index in [2.05, 4.69) is 20.8 Å². The first-order valence-corrected chi connectivity index (χ1v) is 6.73. The highest BCUT2D eigenvalue weighted by molar-refractivity contribution is 6.27. The first kappa shape index (κ1) is 13.7. The molecule has 2 nitrogen and oxygen atoms in total. The molecule has 84 valence electrons. The number of esters is 1. The summed E-state index contributed by atoms with van der Waals surface area (Å²) in [7, 11) is 0.895. The van der Waals surface area contributed by atoms with Gasteiger partial charge in [-0.3, -0.25) is 4.79 Å². The van der Waals surface area contributed by atoms with Crippen molar-refractivity contribution >= 4 is 16.2 Å². The van der Waals surface area contributed by atoms with Crippen LogP contribution < -0.4 is 0 Å². The van der Waals surface area contributed by atoms with Gasteiger partial charge in [0.1, 0.15) is 0 Å². The minimum absolute atomic E-state index is 0.0304. The van der Waals surface area contributed by atoms with Crippen LogP contribution >= 0.6 is 0 Å². The molecule has 1 atom stereocenters. The van der Waals surface area contributed by atoms with Gasteiger partial charge in [0.2, 0.25) is 0 Å². The van der Waals surface area contributed by atoms with Crippen molar-refractivity contribution in [1.29, 1.82) is 0 Å².